The average Bonchev–Trinajstić information content (AvgIpc) is 2.72. The topological polar surface area (TPSA) is 34.4 Å². The van der Waals surface area contributed by atoms with Gasteiger partial charge in [0.25, 0.3) is 0 Å². The van der Waals surface area contributed by atoms with Gasteiger partial charge in [-0.1, -0.05) is 46.3 Å². The number of nitrogens with zero attached hydrogens (tertiary/aromatic N) is 2. The monoisotopic (exact) mass is 314 g/mol. The Labute approximate surface area is 119 Å². The van der Waals surface area contributed by atoms with Gasteiger partial charge >= 0.3 is 0 Å². The van der Waals surface area contributed by atoms with E-state index >= 15 is 0 Å². The van der Waals surface area contributed by atoms with Crippen LogP contribution in [0.5, 0.6) is 0 Å². The van der Waals surface area contributed by atoms with Crippen LogP contribution < -0.4 is 0 Å². The third-order valence-electron chi connectivity index (χ3n) is 3.27. The molecule has 0 saturated heterocycles. The molecule has 0 aliphatic heterocycles. The molecule has 19 heavy (non-hydrogen) atoms. The number of para-hydroxylation sites is 1. The highest BCUT2D eigenvalue weighted by Crippen LogP contribution is 2.39. The summed E-state index contributed by atoms with van der Waals surface area (Å²) >= 11 is 3.46. The lowest BCUT2D eigenvalue weighted by Crippen LogP contribution is -1.91. The highest BCUT2D eigenvalue weighted by Gasteiger charge is 2.17. The minimum Gasteiger partial charge on any atom is -0.342 e. The summed E-state index contributed by atoms with van der Waals surface area (Å²) in [5.41, 5.74) is 3.32. The van der Waals surface area contributed by atoms with E-state index in [1.807, 2.05) is 60.1 Å². The summed E-state index contributed by atoms with van der Waals surface area (Å²) in [6, 6.07) is 15.7. The molecule has 0 atom stereocenters. The van der Waals surface area contributed by atoms with E-state index in [1.54, 1.807) is 0 Å². The van der Waals surface area contributed by atoms with Gasteiger partial charge in [-0.2, -0.15) is 0 Å². The smallest absolute Gasteiger partial charge is 0.141 e. The van der Waals surface area contributed by atoms with Crippen molar-refractivity contribution in [1.29, 1.82) is 0 Å². The first kappa shape index (κ1) is 12.1. The third kappa shape index (κ3) is 1.88. The van der Waals surface area contributed by atoms with E-state index in [1.165, 1.54) is 0 Å². The third-order valence-corrected chi connectivity index (χ3v) is 3.76. The highest BCUT2D eigenvalue weighted by molar-refractivity contribution is 9.10. The number of fused-ring (bicyclic) bond motifs is 1. The van der Waals surface area contributed by atoms with Crippen LogP contribution in [0.1, 0.15) is 0 Å². The second kappa shape index (κ2) is 4.63. The summed E-state index contributed by atoms with van der Waals surface area (Å²) in [4.78, 5) is 11.2. The van der Waals surface area contributed by atoms with E-state index in [-0.39, 0.29) is 0 Å². The van der Waals surface area contributed by atoms with Crippen molar-refractivity contribution in [2.45, 2.75) is 0 Å². The van der Waals surface area contributed by atoms with E-state index in [9.17, 15) is 4.91 Å². The SMILES string of the molecule is Cn1c(-c2cccc(Br)c2)c(N=O)c2ccccc21. The van der Waals surface area contributed by atoms with Crippen LogP contribution in [-0.4, -0.2) is 4.57 Å². The van der Waals surface area contributed by atoms with Gasteiger partial charge in [-0.15, -0.1) is 4.91 Å². The lowest BCUT2D eigenvalue weighted by atomic mass is 10.1. The number of hydrogen-bond acceptors (Lipinski definition) is 2. The number of halogens is 1. The van der Waals surface area contributed by atoms with Crippen molar-refractivity contribution < 1.29 is 0 Å². The fraction of sp³-hybridized carbons (Fsp3) is 0.0667. The Morgan fingerprint density at radius 1 is 1.11 bits per heavy atom. The van der Waals surface area contributed by atoms with Crippen LogP contribution in [0.15, 0.2) is 58.2 Å². The summed E-state index contributed by atoms with van der Waals surface area (Å²) < 4.78 is 2.99. The summed E-state index contributed by atoms with van der Waals surface area (Å²) in [5.74, 6) is 0. The minimum atomic E-state index is 0.496. The molecule has 0 N–H and O–H groups in total. The first-order chi connectivity index (χ1) is 9.22. The Bertz CT molecular complexity index is 777. The summed E-state index contributed by atoms with van der Waals surface area (Å²) in [6.45, 7) is 0. The fourth-order valence-corrected chi connectivity index (χ4v) is 2.83. The van der Waals surface area contributed by atoms with Crippen molar-refractivity contribution in [3.05, 3.63) is 57.9 Å². The van der Waals surface area contributed by atoms with Gasteiger partial charge in [-0.3, -0.25) is 0 Å². The Hall–Kier alpha value is -1.94. The first-order valence-electron chi connectivity index (χ1n) is 5.89. The summed E-state index contributed by atoms with van der Waals surface area (Å²) in [6.07, 6.45) is 0. The Kier molecular flexibility index (Phi) is 2.95. The molecular weight excluding hydrogens is 304 g/mol. The maximum atomic E-state index is 11.2. The molecule has 0 bridgehead atoms. The minimum absolute atomic E-state index is 0.496. The molecule has 0 amide bonds. The normalized spacial score (nSPS) is 10.8. The molecule has 0 radical (unpaired) electrons. The van der Waals surface area contributed by atoms with Gasteiger partial charge in [0.05, 0.1) is 11.2 Å². The molecule has 0 fully saturated rings. The summed E-state index contributed by atoms with van der Waals surface area (Å²) in [7, 11) is 1.95. The zero-order valence-corrected chi connectivity index (χ0v) is 11.9. The van der Waals surface area contributed by atoms with Crippen molar-refractivity contribution in [2.24, 2.45) is 12.2 Å². The number of rotatable bonds is 2. The Morgan fingerprint density at radius 2 is 1.89 bits per heavy atom. The van der Waals surface area contributed by atoms with Gasteiger partial charge in [-0.05, 0) is 23.4 Å². The maximum absolute atomic E-state index is 11.2. The van der Waals surface area contributed by atoms with Crippen LogP contribution in [0.2, 0.25) is 0 Å². The molecule has 4 heteroatoms. The molecular formula is C15H11BrN2O. The second-order valence-corrected chi connectivity index (χ2v) is 5.29. The van der Waals surface area contributed by atoms with Crippen LogP contribution in [0.25, 0.3) is 22.2 Å². The van der Waals surface area contributed by atoms with Gasteiger partial charge in [0.15, 0.2) is 0 Å². The molecule has 1 aromatic heterocycles. The molecule has 3 aromatic rings. The van der Waals surface area contributed by atoms with E-state index in [0.29, 0.717) is 5.69 Å². The molecule has 1 heterocycles. The van der Waals surface area contributed by atoms with E-state index in [0.717, 1.165) is 26.6 Å². The van der Waals surface area contributed by atoms with Crippen molar-refractivity contribution in [1.82, 2.24) is 4.57 Å². The zero-order valence-electron chi connectivity index (χ0n) is 10.3. The van der Waals surface area contributed by atoms with Crippen molar-refractivity contribution in [3.8, 4) is 11.3 Å². The fourth-order valence-electron chi connectivity index (χ4n) is 2.43. The quantitative estimate of drug-likeness (QED) is 0.612. The molecule has 3 nitrogen and oxygen atoms in total. The number of aryl methyl sites for hydroxylation is 1. The number of aromatic nitrogens is 1. The number of nitroso groups, excluding NO2 is 1. The Morgan fingerprint density at radius 3 is 2.63 bits per heavy atom. The lowest BCUT2D eigenvalue weighted by Gasteiger charge is -2.05. The molecule has 0 spiro atoms. The molecule has 0 unspecified atom stereocenters. The number of hydrogen-bond donors (Lipinski definition) is 0. The molecule has 0 saturated carbocycles. The van der Waals surface area contributed by atoms with Crippen LogP contribution in [-0.2, 0) is 7.05 Å². The second-order valence-electron chi connectivity index (χ2n) is 4.38. The van der Waals surface area contributed by atoms with E-state index in [2.05, 4.69) is 21.1 Å². The Balaban J connectivity index is 2.40. The molecule has 2 aromatic carbocycles. The van der Waals surface area contributed by atoms with Crippen LogP contribution in [0.4, 0.5) is 5.69 Å². The van der Waals surface area contributed by atoms with Gasteiger partial charge in [0.2, 0.25) is 0 Å². The summed E-state index contributed by atoms with van der Waals surface area (Å²) in [5, 5.41) is 4.12. The molecule has 0 aliphatic carbocycles. The van der Waals surface area contributed by atoms with Crippen LogP contribution in [0, 0.1) is 4.91 Å². The van der Waals surface area contributed by atoms with E-state index < -0.39 is 0 Å². The van der Waals surface area contributed by atoms with Gasteiger partial charge in [-0.25, -0.2) is 0 Å². The van der Waals surface area contributed by atoms with Crippen molar-refractivity contribution in [3.63, 3.8) is 0 Å². The molecule has 0 aliphatic rings. The largest absolute Gasteiger partial charge is 0.342 e. The predicted molar refractivity (Wildman–Crippen MR) is 81.5 cm³/mol. The average molecular weight is 315 g/mol. The van der Waals surface area contributed by atoms with Crippen molar-refractivity contribution in [2.75, 3.05) is 0 Å². The van der Waals surface area contributed by atoms with Gasteiger partial charge < -0.3 is 4.57 Å². The molecule has 3 rings (SSSR count). The van der Waals surface area contributed by atoms with Crippen LogP contribution in [0.3, 0.4) is 0 Å². The standard InChI is InChI=1S/C15H11BrN2O/c1-18-13-8-3-2-7-12(13)14(17-19)15(18)10-5-4-6-11(16)9-10/h2-9H,1H3. The van der Waals surface area contributed by atoms with E-state index in [4.69, 9.17) is 0 Å². The zero-order chi connectivity index (χ0) is 13.4. The molecule has 94 valence electrons. The first-order valence-corrected chi connectivity index (χ1v) is 6.68. The van der Waals surface area contributed by atoms with Crippen LogP contribution >= 0.6 is 15.9 Å². The maximum Gasteiger partial charge on any atom is 0.141 e. The van der Waals surface area contributed by atoms with Crippen molar-refractivity contribution >= 4 is 32.5 Å². The lowest BCUT2D eigenvalue weighted by molar-refractivity contribution is 0.977. The van der Waals surface area contributed by atoms with Gasteiger partial charge in [0, 0.05) is 22.5 Å². The number of benzene rings is 2. The van der Waals surface area contributed by atoms with Gasteiger partial charge in [0.1, 0.15) is 5.69 Å². The predicted octanol–water partition coefficient (Wildman–Crippen LogP) is 5.01. The highest BCUT2D eigenvalue weighted by atomic mass is 79.9.